The van der Waals surface area contributed by atoms with Crippen molar-refractivity contribution in [2.45, 2.75) is 20.4 Å². The molecule has 0 saturated carbocycles. The summed E-state index contributed by atoms with van der Waals surface area (Å²) in [5.74, 6) is 2.10. The average Bonchev–Trinajstić information content (AvgIpc) is 2.75. The number of anilines is 1. The molecule has 0 radical (unpaired) electrons. The maximum Gasteiger partial charge on any atom is 0.213 e. The van der Waals surface area contributed by atoms with Crippen LogP contribution in [0.3, 0.4) is 0 Å². The van der Waals surface area contributed by atoms with E-state index >= 15 is 0 Å². The van der Waals surface area contributed by atoms with Crippen LogP contribution in [0.5, 0.6) is 5.75 Å². The maximum atomic E-state index is 9.06. The zero-order valence-corrected chi connectivity index (χ0v) is 11.2. The van der Waals surface area contributed by atoms with Gasteiger partial charge in [0, 0.05) is 6.07 Å². The molecule has 19 heavy (non-hydrogen) atoms. The third-order valence-corrected chi connectivity index (χ3v) is 2.85. The first-order valence-electron chi connectivity index (χ1n) is 5.89. The van der Waals surface area contributed by atoms with Gasteiger partial charge in [-0.15, -0.1) is 0 Å². The van der Waals surface area contributed by atoms with Crippen molar-refractivity contribution >= 4 is 5.69 Å². The van der Waals surface area contributed by atoms with Crippen LogP contribution in [-0.2, 0) is 6.54 Å². The summed E-state index contributed by atoms with van der Waals surface area (Å²) in [5.41, 5.74) is 2.14. The number of benzene rings is 1. The summed E-state index contributed by atoms with van der Waals surface area (Å²) >= 11 is 0. The quantitative estimate of drug-likeness (QED) is 0.911. The molecule has 1 aromatic carbocycles. The lowest BCUT2D eigenvalue weighted by atomic mass is 10.2. The first-order chi connectivity index (χ1) is 9.13. The summed E-state index contributed by atoms with van der Waals surface area (Å²) in [7, 11) is 1.59. The minimum absolute atomic E-state index is 0.427. The second-order valence-electron chi connectivity index (χ2n) is 4.13. The van der Waals surface area contributed by atoms with Crippen molar-refractivity contribution in [3.05, 3.63) is 41.1 Å². The van der Waals surface area contributed by atoms with Gasteiger partial charge in [0.05, 0.1) is 30.6 Å². The Balaban J connectivity index is 2.16. The van der Waals surface area contributed by atoms with Crippen molar-refractivity contribution in [2.24, 2.45) is 0 Å². The molecule has 0 aliphatic heterocycles. The van der Waals surface area contributed by atoms with Gasteiger partial charge in [-0.2, -0.15) is 5.26 Å². The number of oxazole rings is 1. The van der Waals surface area contributed by atoms with E-state index in [4.69, 9.17) is 14.4 Å². The summed E-state index contributed by atoms with van der Waals surface area (Å²) in [6, 6.07) is 7.38. The zero-order chi connectivity index (χ0) is 13.8. The first-order valence-corrected chi connectivity index (χ1v) is 5.89. The van der Waals surface area contributed by atoms with E-state index in [2.05, 4.69) is 16.4 Å². The van der Waals surface area contributed by atoms with Gasteiger partial charge in [-0.25, -0.2) is 4.98 Å². The van der Waals surface area contributed by atoms with Crippen LogP contribution in [0.2, 0.25) is 0 Å². The Hall–Kier alpha value is -2.48. The lowest BCUT2D eigenvalue weighted by Gasteiger charge is -2.08. The van der Waals surface area contributed by atoms with Gasteiger partial charge in [0.15, 0.2) is 0 Å². The molecule has 0 saturated heterocycles. The summed E-state index contributed by atoms with van der Waals surface area (Å²) in [6.07, 6.45) is 0. The van der Waals surface area contributed by atoms with Crippen LogP contribution in [0, 0.1) is 25.2 Å². The number of nitrogens with zero attached hydrogens (tertiary/aromatic N) is 2. The summed E-state index contributed by atoms with van der Waals surface area (Å²) in [5, 5.41) is 12.2. The normalized spacial score (nSPS) is 10.0. The van der Waals surface area contributed by atoms with Crippen LogP contribution >= 0.6 is 0 Å². The molecular formula is C14H15N3O2. The Bertz CT molecular complexity index is 607. The molecule has 0 unspecified atom stereocenters. The molecule has 0 fully saturated rings. The highest BCUT2D eigenvalue weighted by atomic mass is 16.5. The second kappa shape index (κ2) is 5.44. The van der Waals surface area contributed by atoms with Gasteiger partial charge in [0.2, 0.25) is 5.89 Å². The molecule has 1 N–H and O–H groups in total. The fraction of sp³-hybridized carbons (Fsp3) is 0.286. The number of ether oxygens (including phenoxy) is 1. The standard InChI is InChI=1S/C14H15N3O2/c1-9-10(2)19-14(17-9)8-16-13-6-12(18-3)5-4-11(13)7-15/h4-6,16H,8H2,1-3H3. The molecule has 0 aliphatic rings. The molecule has 5 heteroatoms. The molecule has 0 amide bonds. The highest BCUT2D eigenvalue weighted by Crippen LogP contribution is 2.22. The number of nitrogens with one attached hydrogen (secondary N) is 1. The zero-order valence-electron chi connectivity index (χ0n) is 11.2. The SMILES string of the molecule is COc1ccc(C#N)c(NCc2nc(C)c(C)o2)c1. The van der Waals surface area contributed by atoms with Crippen molar-refractivity contribution < 1.29 is 9.15 Å². The molecule has 0 aliphatic carbocycles. The van der Waals surface area contributed by atoms with Crippen LogP contribution < -0.4 is 10.1 Å². The van der Waals surface area contributed by atoms with Crippen molar-refractivity contribution in [3.63, 3.8) is 0 Å². The van der Waals surface area contributed by atoms with Gasteiger partial charge >= 0.3 is 0 Å². The minimum atomic E-state index is 0.427. The topological polar surface area (TPSA) is 71.1 Å². The van der Waals surface area contributed by atoms with E-state index in [1.54, 1.807) is 25.3 Å². The Labute approximate surface area is 111 Å². The van der Waals surface area contributed by atoms with E-state index in [0.29, 0.717) is 29.4 Å². The van der Waals surface area contributed by atoms with Gasteiger partial charge in [0.25, 0.3) is 0 Å². The molecule has 0 spiro atoms. The van der Waals surface area contributed by atoms with Gasteiger partial charge < -0.3 is 14.5 Å². The second-order valence-corrected chi connectivity index (χ2v) is 4.13. The van der Waals surface area contributed by atoms with Gasteiger partial charge in [-0.3, -0.25) is 0 Å². The molecule has 2 rings (SSSR count). The van der Waals surface area contributed by atoms with Crippen molar-refractivity contribution in [3.8, 4) is 11.8 Å². The maximum absolute atomic E-state index is 9.06. The lowest BCUT2D eigenvalue weighted by molar-refractivity contribution is 0.415. The number of aryl methyl sites for hydroxylation is 2. The number of methoxy groups -OCH3 is 1. The molecule has 0 bridgehead atoms. The summed E-state index contributed by atoms with van der Waals surface area (Å²) in [6.45, 7) is 4.20. The summed E-state index contributed by atoms with van der Waals surface area (Å²) in [4.78, 5) is 4.28. The van der Waals surface area contributed by atoms with Gasteiger partial charge in [-0.1, -0.05) is 0 Å². The predicted octanol–water partition coefficient (Wildman–Crippen LogP) is 2.78. The van der Waals surface area contributed by atoms with Crippen molar-refractivity contribution in [1.82, 2.24) is 4.98 Å². The minimum Gasteiger partial charge on any atom is -0.497 e. The number of aromatic nitrogens is 1. The number of hydrogen-bond acceptors (Lipinski definition) is 5. The molecule has 1 aromatic heterocycles. The molecule has 0 atom stereocenters. The molecule has 98 valence electrons. The molecule has 1 heterocycles. The van der Waals surface area contributed by atoms with Crippen molar-refractivity contribution in [2.75, 3.05) is 12.4 Å². The monoisotopic (exact) mass is 257 g/mol. The molecule has 2 aromatic rings. The van der Waals surface area contributed by atoms with E-state index in [1.165, 1.54) is 0 Å². The van der Waals surface area contributed by atoms with E-state index in [0.717, 1.165) is 11.5 Å². The fourth-order valence-corrected chi connectivity index (χ4v) is 1.68. The number of rotatable bonds is 4. The largest absolute Gasteiger partial charge is 0.497 e. The Morgan fingerprint density at radius 3 is 2.79 bits per heavy atom. The van der Waals surface area contributed by atoms with E-state index < -0.39 is 0 Å². The third kappa shape index (κ3) is 2.86. The fourth-order valence-electron chi connectivity index (χ4n) is 1.68. The summed E-state index contributed by atoms with van der Waals surface area (Å²) < 4.78 is 10.6. The highest BCUT2D eigenvalue weighted by Gasteiger charge is 2.08. The molecule has 5 nitrogen and oxygen atoms in total. The Kier molecular flexibility index (Phi) is 3.71. The Morgan fingerprint density at radius 2 is 2.21 bits per heavy atom. The number of nitriles is 1. The van der Waals surface area contributed by atoms with E-state index in [1.807, 2.05) is 13.8 Å². The van der Waals surface area contributed by atoms with Crippen LogP contribution in [0.4, 0.5) is 5.69 Å². The first kappa shape index (κ1) is 13.0. The Morgan fingerprint density at radius 1 is 1.42 bits per heavy atom. The average molecular weight is 257 g/mol. The number of hydrogen-bond donors (Lipinski definition) is 1. The van der Waals surface area contributed by atoms with Crippen LogP contribution in [-0.4, -0.2) is 12.1 Å². The smallest absolute Gasteiger partial charge is 0.213 e. The lowest BCUT2D eigenvalue weighted by Crippen LogP contribution is -2.02. The van der Waals surface area contributed by atoms with Crippen LogP contribution in [0.1, 0.15) is 22.9 Å². The predicted molar refractivity (Wildman–Crippen MR) is 71.0 cm³/mol. The van der Waals surface area contributed by atoms with Gasteiger partial charge in [-0.05, 0) is 26.0 Å². The van der Waals surface area contributed by atoms with E-state index in [9.17, 15) is 0 Å². The van der Waals surface area contributed by atoms with Crippen molar-refractivity contribution in [1.29, 1.82) is 5.26 Å². The molecular weight excluding hydrogens is 242 g/mol. The van der Waals surface area contributed by atoms with Crippen LogP contribution in [0.25, 0.3) is 0 Å². The third-order valence-electron chi connectivity index (χ3n) is 2.85. The van der Waals surface area contributed by atoms with Gasteiger partial charge in [0.1, 0.15) is 17.6 Å². The van der Waals surface area contributed by atoms with Crippen LogP contribution in [0.15, 0.2) is 22.6 Å². The van der Waals surface area contributed by atoms with E-state index in [-0.39, 0.29) is 0 Å². The highest BCUT2D eigenvalue weighted by molar-refractivity contribution is 5.60.